The topological polar surface area (TPSA) is 176 Å². The Hall–Kier alpha value is -1.16. The highest BCUT2D eigenvalue weighted by Gasteiger charge is 2.41. The minimum absolute atomic E-state index is 0.0828. The van der Waals surface area contributed by atoms with Gasteiger partial charge >= 0.3 is 5.97 Å². The van der Waals surface area contributed by atoms with E-state index in [1.807, 2.05) is 0 Å². The Balaban J connectivity index is 4.44. The lowest BCUT2D eigenvalue weighted by Gasteiger charge is -2.22. The molecule has 0 aromatic heterocycles. The fraction of sp³-hybridized carbons (Fsp3) is 0.625. The summed E-state index contributed by atoms with van der Waals surface area (Å²) in [4.78, 5) is 32.8. The van der Waals surface area contributed by atoms with Crippen LogP contribution in [-0.2, 0) is 14.4 Å². The monoisotopic (exact) mass is 264 g/mol. The molecule has 0 bridgehead atoms. The highest BCUT2D eigenvalue weighted by Crippen LogP contribution is 2.13. The largest absolute Gasteiger partial charge is 0.480 e. The lowest BCUT2D eigenvalue weighted by molar-refractivity contribution is -0.146. The van der Waals surface area contributed by atoms with Crippen molar-refractivity contribution in [3.05, 3.63) is 0 Å². The normalized spacial score (nSPS) is 15.9. The molecular formula is C8H16N4O4S. The van der Waals surface area contributed by atoms with E-state index in [4.69, 9.17) is 28.0 Å². The van der Waals surface area contributed by atoms with Gasteiger partial charge in [0, 0.05) is 11.5 Å². The first-order valence-electron chi connectivity index (χ1n) is 4.64. The van der Waals surface area contributed by atoms with Crippen LogP contribution in [0.5, 0.6) is 0 Å². The number of hydrogen-bond donors (Lipinski definition) is 5. The summed E-state index contributed by atoms with van der Waals surface area (Å²) in [5.74, 6) is -3.10. The summed E-state index contributed by atoms with van der Waals surface area (Å²) in [7, 11) is 0. The van der Waals surface area contributed by atoms with Gasteiger partial charge in [0.1, 0.15) is 0 Å². The maximum Gasteiger partial charge on any atom is 0.332 e. The predicted octanol–water partition coefficient (Wildman–Crippen LogP) is -3.16. The second-order valence-electron chi connectivity index (χ2n) is 3.43. The molecule has 0 aliphatic rings. The molecule has 0 aliphatic carbocycles. The number of aliphatic carboxylic acids is 1. The number of primary amides is 1. The van der Waals surface area contributed by atoms with E-state index in [1.165, 1.54) is 0 Å². The standard InChI is InChI=1S/C8H16N4O4S/c9-1-5(13)8(12,7(15)16)3-17-2-4(10)6(11)14/h4H,1-3,9-10,12H2,(H2,11,14)(H,15,16). The van der Waals surface area contributed by atoms with Gasteiger partial charge in [0.2, 0.25) is 5.91 Å². The van der Waals surface area contributed by atoms with Crippen LogP contribution in [-0.4, -0.2) is 52.4 Å². The first-order valence-corrected chi connectivity index (χ1v) is 5.79. The molecule has 2 atom stereocenters. The molecule has 1 amide bonds. The smallest absolute Gasteiger partial charge is 0.332 e. The molecule has 98 valence electrons. The van der Waals surface area contributed by atoms with E-state index in [1.54, 1.807) is 0 Å². The van der Waals surface area contributed by atoms with Crippen LogP contribution < -0.4 is 22.9 Å². The molecule has 0 heterocycles. The van der Waals surface area contributed by atoms with Gasteiger partial charge in [-0.15, -0.1) is 0 Å². The van der Waals surface area contributed by atoms with Gasteiger partial charge in [-0.25, -0.2) is 4.79 Å². The van der Waals surface area contributed by atoms with Gasteiger partial charge < -0.3 is 28.0 Å². The third kappa shape index (κ3) is 4.30. The summed E-state index contributed by atoms with van der Waals surface area (Å²) in [5.41, 5.74) is 18.7. The second kappa shape index (κ2) is 6.55. The molecule has 9 heteroatoms. The first kappa shape index (κ1) is 15.8. The summed E-state index contributed by atoms with van der Waals surface area (Å²) in [6.45, 7) is -0.467. The van der Waals surface area contributed by atoms with E-state index in [0.717, 1.165) is 11.8 Å². The number of carbonyl (C=O) groups excluding carboxylic acids is 2. The van der Waals surface area contributed by atoms with Crippen LogP contribution in [0.3, 0.4) is 0 Å². The molecule has 0 spiro atoms. The molecule has 17 heavy (non-hydrogen) atoms. The molecule has 0 aromatic carbocycles. The second-order valence-corrected chi connectivity index (χ2v) is 4.46. The summed E-state index contributed by atoms with van der Waals surface area (Å²) >= 11 is 0.961. The number of thioether (sulfide) groups is 1. The quantitative estimate of drug-likeness (QED) is 0.285. The molecule has 0 aromatic rings. The van der Waals surface area contributed by atoms with Crippen molar-refractivity contribution < 1.29 is 19.5 Å². The van der Waals surface area contributed by atoms with E-state index in [0.29, 0.717) is 0 Å². The average Bonchev–Trinajstić information content (AvgIpc) is 2.26. The number of rotatable bonds is 8. The lowest BCUT2D eigenvalue weighted by Crippen LogP contribution is -2.59. The number of carboxylic acids is 1. The van der Waals surface area contributed by atoms with Crippen molar-refractivity contribution in [3.63, 3.8) is 0 Å². The van der Waals surface area contributed by atoms with Crippen molar-refractivity contribution in [2.24, 2.45) is 22.9 Å². The van der Waals surface area contributed by atoms with Crippen molar-refractivity contribution in [2.45, 2.75) is 11.6 Å². The minimum Gasteiger partial charge on any atom is -0.480 e. The van der Waals surface area contributed by atoms with Gasteiger partial charge in [-0.2, -0.15) is 11.8 Å². The number of amides is 1. The molecule has 8 nitrogen and oxygen atoms in total. The first-order chi connectivity index (χ1) is 7.75. The van der Waals surface area contributed by atoms with Crippen molar-refractivity contribution in [3.8, 4) is 0 Å². The van der Waals surface area contributed by atoms with Gasteiger partial charge in [-0.1, -0.05) is 0 Å². The Morgan fingerprint density at radius 1 is 1.35 bits per heavy atom. The van der Waals surface area contributed by atoms with Crippen LogP contribution >= 0.6 is 11.8 Å². The molecule has 9 N–H and O–H groups in total. The molecular weight excluding hydrogens is 248 g/mol. The summed E-state index contributed by atoms with van der Waals surface area (Å²) in [6.07, 6.45) is 0. The van der Waals surface area contributed by atoms with Crippen LogP contribution in [0.1, 0.15) is 0 Å². The Morgan fingerprint density at radius 3 is 2.24 bits per heavy atom. The number of nitrogens with two attached hydrogens (primary N) is 4. The molecule has 0 aliphatic heterocycles. The third-order valence-corrected chi connectivity index (χ3v) is 3.31. The van der Waals surface area contributed by atoms with Crippen LogP contribution in [0.2, 0.25) is 0 Å². The van der Waals surface area contributed by atoms with Crippen molar-refractivity contribution >= 4 is 29.4 Å². The van der Waals surface area contributed by atoms with Crippen molar-refractivity contribution in [1.82, 2.24) is 0 Å². The summed E-state index contributed by atoms with van der Waals surface area (Å²) < 4.78 is 0. The Labute approximate surface area is 102 Å². The Bertz CT molecular complexity index is 325. The number of hydrogen-bond acceptors (Lipinski definition) is 7. The molecule has 2 unspecified atom stereocenters. The third-order valence-electron chi connectivity index (χ3n) is 2.06. The predicted molar refractivity (Wildman–Crippen MR) is 63.1 cm³/mol. The van der Waals surface area contributed by atoms with Gasteiger partial charge in [0.25, 0.3) is 0 Å². The fourth-order valence-electron chi connectivity index (χ4n) is 0.873. The summed E-state index contributed by atoms with van der Waals surface area (Å²) in [5, 5.41) is 8.87. The molecule has 0 saturated carbocycles. The van der Waals surface area contributed by atoms with Crippen molar-refractivity contribution in [2.75, 3.05) is 18.1 Å². The van der Waals surface area contributed by atoms with Gasteiger partial charge in [0.05, 0.1) is 12.6 Å². The molecule has 0 saturated heterocycles. The summed E-state index contributed by atoms with van der Waals surface area (Å²) in [6, 6.07) is -0.911. The van der Waals surface area contributed by atoms with E-state index in [-0.39, 0.29) is 11.5 Å². The highest BCUT2D eigenvalue weighted by atomic mass is 32.2. The zero-order valence-corrected chi connectivity index (χ0v) is 9.90. The maximum atomic E-state index is 11.3. The number of Topliss-reactive ketones (excluding diaryl/α,β-unsaturated/α-hetero) is 1. The van der Waals surface area contributed by atoms with Gasteiger partial charge in [0.15, 0.2) is 11.3 Å². The fourth-order valence-corrected chi connectivity index (χ4v) is 2.02. The van der Waals surface area contributed by atoms with E-state index < -0.39 is 35.8 Å². The van der Waals surface area contributed by atoms with E-state index in [9.17, 15) is 14.4 Å². The van der Waals surface area contributed by atoms with Gasteiger partial charge in [-0.05, 0) is 0 Å². The lowest BCUT2D eigenvalue weighted by atomic mass is 9.98. The van der Waals surface area contributed by atoms with Crippen LogP contribution in [0.25, 0.3) is 0 Å². The molecule has 0 rings (SSSR count). The number of ketones is 1. The number of carbonyl (C=O) groups is 3. The zero-order valence-electron chi connectivity index (χ0n) is 9.09. The van der Waals surface area contributed by atoms with Crippen LogP contribution in [0.4, 0.5) is 0 Å². The average molecular weight is 264 g/mol. The van der Waals surface area contributed by atoms with E-state index in [2.05, 4.69) is 0 Å². The maximum absolute atomic E-state index is 11.3. The number of carboxylic acid groups (broad SMARTS) is 1. The van der Waals surface area contributed by atoms with Crippen LogP contribution in [0, 0.1) is 0 Å². The van der Waals surface area contributed by atoms with Gasteiger partial charge in [-0.3, -0.25) is 9.59 Å². The minimum atomic E-state index is -2.06. The highest BCUT2D eigenvalue weighted by molar-refractivity contribution is 7.99. The van der Waals surface area contributed by atoms with Crippen LogP contribution in [0.15, 0.2) is 0 Å². The SMILES string of the molecule is NCC(=O)C(N)(CSCC(N)C(N)=O)C(=O)O. The zero-order chi connectivity index (χ0) is 13.6. The molecule has 0 radical (unpaired) electrons. The van der Waals surface area contributed by atoms with E-state index >= 15 is 0 Å². The molecule has 0 fully saturated rings. The Kier molecular flexibility index (Phi) is 6.10. The van der Waals surface area contributed by atoms with Crippen molar-refractivity contribution in [1.29, 1.82) is 0 Å². The Morgan fingerprint density at radius 2 is 1.88 bits per heavy atom.